The molecule has 1 heterocycles. The van der Waals surface area contributed by atoms with Gasteiger partial charge in [0.15, 0.2) is 0 Å². The van der Waals surface area contributed by atoms with Crippen LogP contribution in [-0.4, -0.2) is 21.1 Å². The van der Waals surface area contributed by atoms with Crippen LogP contribution in [0.1, 0.15) is 25.0 Å². The maximum atomic E-state index is 5.64. The van der Waals surface area contributed by atoms with Crippen LogP contribution in [0.4, 0.5) is 5.95 Å². The Balaban J connectivity index is 2.27. The standard InChI is InChI=1S/C14H19N5O2/c1-8(2)20-13-16-12(19-15)17-14(18-13)21-11-6-5-9(3)10(4)7-11/h5-8H,15H2,1-4H3,(H,16,17,18,19). The van der Waals surface area contributed by atoms with E-state index >= 15 is 0 Å². The van der Waals surface area contributed by atoms with Crippen molar-refractivity contribution in [2.24, 2.45) is 5.84 Å². The average molecular weight is 289 g/mol. The van der Waals surface area contributed by atoms with Gasteiger partial charge in [-0.15, -0.1) is 4.98 Å². The molecule has 0 amide bonds. The van der Waals surface area contributed by atoms with E-state index in [1.807, 2.05) is 45.9 Å². The molecule has 0 bridgehead atoms. The summed E-state index contributed by atoms with van der Waals surface area (Å²) in [6.07, 6.45) is -0.0625. The Hall–Kier alpha value is -2.41. The molecule has 0 saturated carbocycles. The molecule has 0 spiro atoms. The monoisotopic (exact) mass is 289 g/mol. The molecular formula is C14H19N5O2. The number of anilines is 1. The highest BCUT2D eigenvalue weighted by Crippen LogP contribution is 2.23. The quantitative estimate of drug-likeness (QED) is 0.644. The summed E-state index contributed by atoms with van der Waals surface area (Å²) < 4.78 is 11.1. The molecule has 21 heavy (non-hydrogen) atoms. The smallest absolute Gasteiger partial charge is 0.330 e. The van der Waals surface area contributed by atoms with Crippen molar-refractivity contribution in [2.45, 2.75) is 33.8 Å². The molecule has 1 aromatic carbocycles. The van der Waals surface area contributed by atoms with Crippen LogP contribution in [0, 0.1) is 13.8 Å². The van der Waals surface area contributed by atoms with Crippen molar-refractivity contribution >= 4 is 5.95 Å². The molecule has 7 heteroatoms. The number of hydrogen-bond donors (Lipinski definition) is 2. The van der Waals surface area contributed by atoms with Crippen LogP contribution in [0.25, 0.3) is 0 Å². The SMILES string of the molecule is Cc1ccc(Oc2nc(NN)nc(OC(C)C)n2)cc1C. The number of hydrazine groups is 1. The third-order valence-electron chi connectivity index (χ3n) is 2.75. The molecule has 0 fully saturated rings. The highest BCUT2D eigenvalue weighted by molar-refractivity contribution is 5.36. The van der Waals surface area contributed by atoms with Gasteiger partial charge in [-0.2, -0.15) is 9.97 Å². The van der Waals surface area contributed by atoms with E-state index in [2.05, 4.69) is 20.4 Å². The molecule has 112 valence electrons. The molecule has 0 atom stereocenters. The summed E-state index contributed by atoms with van der Waals surface area (Å²) in [7, 11) is 0. The van der Waals surface area contributed by atoms with Gasteiger partial charge in [0, 0.05) is 0 Å². The lowest BCUT2D eigenvalue weighted by Crippen LogP contribution is -2.15. The van der Waals surface area contributed by atoms with Gasteiger partial charge < -0.3 is 9.47 Å². The molecule has 0 saturated heterocycles. The first-order valence-electron chi connectivity index (χ1n) is 6.62. The molecule has 7 nitrogen and oxygen atoms in total. The molecular weight excluding hydrogens is 270 g/mol. The topological polar surface area (TPSA) is 95.2 Å². The van der Waals surface area contributed by atoms with Gasteiger partial charge in [-0.05, 0) is 51.0 Å². The van der Waals surface area contributed by atoms with Gasteiger partial charge in [0.1, 0.15) is 5.75 Å². The summed E-state index contributed by atoms with van der Waals surface area (Å²) in [5.41, 5.74) is 4.67. The normalized spacial score (nSPS) is 10.6. The Labute approximate surface area is 123 Å². The van der Waals surface area contributed by atoms with Crippen LogP contribution in [0.15, 0.2) is 18.2 Å². The number of rotatable bonds is 5. The zero-order chi connectivity index (χ0) is 15.4. The second-order valence-electron chi connectivity index (χ2n) is 4.88. The summed E-state index contributed by atoms with van der Waals surface area (Å²) in [5, 5.41) is 0. The van der Waals surface area contributed by atoms with Gasteiger partial charge in [-0.25, -0.2) is 5.84 Å². The molecule has 1 aromatic heterocycles. The summed E-state index contributed by atoms with van der Waals surface area (Å²) >= 11 is 0. The molecule has 2 aromatic rings. The predicted molar refractivity (Wildman–Crippen MR) is 79.4 cm³/mol. The molecule has 0 aliphatic rings. The lowest BCUT2D eigenvalue weighted by Gasteiger charge is -2.11. The van der Waals surface area contributed by atoms with Gasteiger partial charge >= 0.3 is 12.0 Å². The lowest BCUT2D eigenvalue weighted by molar-refractivity contribution is 0.218. The van der Waals surface area contributed by atoms with E-state index in [4.69, 9.17) is 15.3 Å². The van der Waals surface area contributed by atoms with Crippen molar-refractivity contribution in [1.82, 2.24) is 15.0 Å². The first kappa shape index (κ1) is 15.0. The zero-order valence-electron chi connectivity index (χ0n) is 12.5. The number of aryl methyl sites for hydroxylation is 2. The van der Waals surface area contributed by atoms with Crippen molar-refractivity contribution < 1.29 is 9.47 Å². The van der Waals surface area contributed by atoms with Gasteiger partial charge in [0.25, 0.3) is 0 Å². The number of benzene rings is 1. The summed E-state index contributed by atoms with van der Waals surface area (Å²) in [5.74, 6) is 6.16. The van der Waals surface area contributed by atoms with E-state index in [9.17, 15) is 0 Å². The molecule has 0 aliphatic carbocycles. The van der Waals surface area contributed by atoms with E-state index < -0.39 is 0 Å². The van der Waals surface area contributed by atoms with Crippen molar-refractivity contribution in [3.63, 3.8) is 0 Å². The highest BCUT2D eigenvalue weighted by Gasteiger charge is 2.10. The number of nitrogens with two attached hydrogens (primary N) is 1. The number of aromatic nitrogens is 3. The Morgan fingerprint density at radius 1 is 1.05 bits per heavy atom. The summed E-state index contributed by atoms with van der Waals surface area (Å²) in [6, 6.07) is 6.02. The lowest BCUT2D eigenvalue weighted by atomic mass is 10.1. The number of hydrogen-bond acceptors (Lipinski definition) is 7. The molecule has 2 rings (SSSR count). The van der Waals surface area contributed by atoms with E-state index in [0.29, 0.717) is 5.75 Å². The highest BCUT2D eigenvalue weighted by atomic mass is 16.5. The first-order valence-corrected chi connectivity index (χ1v) is 6.62. The largest absolute Gasteiger partial charge is 0.461 e. The number of ether oxygens (including phenoxy) is 2. The van der Waals surface area contributed by atoms with Gasteiger partial charge in [0.2, 0.25) is 5.95 Å². The minimum Gasteiger partial charge on any atom is -0.461 e. The Morgan fingerprint density at radius 3 is 2.38 bits per heavy atom. The zero-order valence-corrected chi connectivity index (χ0v) is 12.5. The van der Waals surface area contributed by atoms with Crippen LogP contribution in [0.2, 0.25) is 0 Å². The molecule has 0 unspecified atom stereocenters. The maximum Gasteiger partial charge on any atom is 0.330 e. The number of nitrogens with one attached hydrogen (secondary N) is 1. The van der Waals surface area contributed by atoms with Crippen LogP contribution >= 0.6 is 0 Å². The third kappa shape index (κ3) is 4.03. The Bertz CT molecular complexity index is 631. The fraction of sp³-hybridized carbons (Fsp3) is 0.357. The van der Waals surface area contributed by atoms with E-state index in [-0.39, 0.29) is 24.1 Å². The Kier molecular flexibility index (Phi) is 4.54. The van der Waals surface area contributed by atoms with Crippen LogP contribution in [0.3, 0.4) is 0 Å². The van der Waals surface area contributed by atoms with E-state index in [1.165, 1.54) is 5.56 Å². The van der Waals surface area contributed by atoms with Crippen molar-refractivity contribution in [3.8, 4) is 17.8 Å². The van der Waals surface area contributed by atoms with Crippen LogP contribution in [0.5, 0.6) is 17.8 Å². The maximum absolute atomic E-state index is 5.64. The molecule has 0 aliphatic heterocycles. The molecule has 3 N–H and O–H groups in total. The van der Waals surface area contributed by atoms with Crippen molar-refractivity contribution in [1.29, 1.82) is 0 Å². The van der Waals surface area contributed by atoms with Gasteiger partial charge in [0.05, 0.1) is 6.10 Å². The van der Waals surface area contributed by atoms with Gasteiger partial charge in [-0.1, -0.05) is 6.07 Å². The number of nitrogens with zero attached hydrogens (tertiary/aromatic N) is 3. The summed E-state index contributed by atoms with van der Waals surface area (Å²) in [4.78, 5) is 12.2. The third-order valence-corrected chi connectivity index (χ3v) is 2.75. The summed E-state index contributed by atoms with van der Waals surface area (Å²) in [6.45, 7) is 7.80. The average Bonchev–Trinajstić information content (AvgIpc) is 2.42. The predicted octanol–water partition coefficient (Wildman–Crippen LogP) is 2.35. The Morgan fingerprint density at radius 2 is 1.76 bits per heavy atom. The van der Waals surface area contributed by atoms with Crippen LogP contribution < -0.4 is 20.7 Å². The minimum absolute atomic E-state index is 0.0625. The first-order chi connectivity index (χ1) is 9.97. The van der Waals surface area contributed by atoms with Crippen molar-refractivity contribution in [3.05, 3.63) is 29.3 Å². The minimum atomic E-state index is -0.0625. The second kappa shape index (κ2) is 6.36. The number of nitrogen functional groups attached to an aromatic ring is 1. The fourth-order valence-corrected chi connectivity index (χ4v) is 1.59. The second-order valence-corrected chi connectivity index (χ2v) is 4.88. The van der Waals surface area contributed by atoms with Crippen molar-refractivity contribution in [2.75, 3.05) is 5.43 Å². The van der Waals surface area contributed by atoms with Gasteiger partial charge in [-0.3, -0.25) is 5.43 Å². The fourth-order valence-electron chi connectivity index (χ4n) is 1.59. The van der Waals surface area contributed by atoms with E-state index in [1.54, 1.807) is 0 Å². The molecule has 0 radical (unpaired) electrons. The van der Waals surface area contributed by atoms with Crippen LogP contribution in [-0.2, 0) is 0 Å². The van der Waals surface area contributed by atoms with E-state index in [0.717, 1.165) is 5.56 Å².